The van der Waals surface area contributed by atoms with Crippen LogP contribution < -0.4 is 0 Å². The Morgan fingerprint density at radius 3 is 2.82 bits per heavy atom. The molecular weight excluding hydrogens is 164 g/mol. The molecule has 1 heterocycles. The summed E-state index contributed by atoms with van der Waals surface area (Å²) in [6, 6.07) is 0. The Labute approximate surface area is 72.1 Å². The SMILES string of the molecule is CCOC1C=CC(Cl)C(C)O1. The van der Waals surface area contributed by atoms with Crippen LogP contribution in [0.5, 0.6) is 0 Å². The summed E-state index contributed by atoms with van der Waals surface area (Å²) in [6.07, 6.45) is 3.60. The number of rotatable bonds is 2. The molecule has 3 unspecified atom stereocenters. The molecule has 0 spiro atoms. The molecule has 0 aromatic heterocycles. The third kappa shape index (κ3) is 2.47. The van der Waals surface area contributed by atoms with Gasteiger partial charge in [0.05, 0.1) is 11.5 Å². The van der Waals surface area contributed by atoms with Crippen molar-refractivity contribution >= 4 is 11.6 Å². The molecule has 0 amide bonds. The van der Waals surface area contributed by atoms with Gasteiger partial charge in [-0.2, -0.15) is 0 Å². The van der Waals surface area contributed by atoms with E-state index in [0.717, 1.165) is 0 Å². The lowest BCUT2D eigenvalue weighted by Crippen LogP contribution is -2.31. The van der Waals surface area contributed by atoms with E-state index < -0.39 is 0 Å². The zero-order chi connectivity index (χ0) is 8.27. The van der Waals surface area contributed by atoms with Gasteiger partial charge >= 0.3 is 0 Å². The molecule has 0 saturated heterocycles. The van der Waals surface area contributed by atoms with Crippen LogP contribution in [0.25, 0.3) is 0 Å². The highest BCUT2D eigenvalue weighted by Gasteiger charge is 2.21. The zero-order valence-electron chi connectivity index (χ0n) is 6.79. The van der Waals surface area contributed by atoms with Gasteiger partial charge in [0, 0.05) is 6.61 Å². The number of ether oxygens (including phenoxy) is 2. The van der Waals surface area contributed by atoms with Crippen molar-refractivity contribution < 1.29 is 9.47 Å². The fourth-order valence-corrected chi connectivity index (χ4v) is 1.09. The van der Waals surface area contributed by atoms with Crippen LogP contribution in [0, 0.1) is 0 Å². The predicted octanol–water partition coefficient (Wildman–Crippen LogP) is 1.93. The Morgan fingerprint density at radius 2 is 2.27 bits per heavy atom. The van der Waals surface area contributed by atoms with E-state index in [-0.39, 0.29) is 17.8 Å². The Balaban J connectivity index is 2.43. The van der Waals surface area contributed by atoms with E-state index in [2.05, 4.69) is 0 Å². The lowest BCUT2D eigenvalue weighted by atomic mass is 10.2. The summed E-state index contributed by atoms with van der Waals surface area (Å²) in [5.41, 5.74) is 0. The topological polar surface area (TPSA) is 18.5 Å². The normalized spacial score (nSPS) is 37.5. The second-order valence-corrected chi connectivity index (χ2v) is 3.00. The van der Waals surface area contributed by atoms with Crippen molar-refractivity contribution in [3.05, 3.63) is 12.2 Å². The van der Waals surface area contributed by atoms with Gasteiger partial charge in [-0.25, -0.2) is 0 Å². The molecule has 11 heavy (non-hydrogen) atoms. The summed E-state index contributed by atoms with van der Waals surface area (Å²) < 4.78 is 10.6. The van der Waals surface area contributed by atoms with E-state index in [1.165, 1.54) is 0 Å². The van der Waals surface area contributed by atoms with Gasteiger partial charge in [-0.05, 0) is 19.9 Å². The minimum Gasteiger partial charge on any atom is -0.349 e. The largest absolute Gasteiger partial charge is 0.349 e. The first-order valence-electron chi connectivity index (χ1n) is 3.83. The Hall–Kier alpha value is -0.0500. The Bertz CT molecular complexity index is 147. The van der Waals surface area contributed by atoms with Crippen LogP contribution in [0.15, 0.2) is 12.2 Å². The summed E-state index contributed by atoms with van der Waals surface area (Å²) in [6.45, 7) is 4.54. The van der Waals surface area contributed by atoms with E-state index in [0.29, 0.717) is 6.61 Å². The number of hydrogen-bond donors (Lipinski definition) is 0. The first-order valence-corrected chi connectivity index (χ1v) is 4.27. The van der Waals surface area contributed by atoms with Crippen molar-refractivity contribution in [3.63, 3.8) is 0 Å². The van der Waals surface area contributed by atoms with Gasteiger partial charge in [0.15, 0.2) is 6.29 Å². The minimum atomic E-state index is -0.204. The molecule has 0 aromatic rings. The maximum Gasteiger partial charge on any atom is 0.177 e. The fourth-order valence-electron chi connectivity index (χ4n) is 0.944. The number of alkyl halides is 1. The first-order chi connectivity index (χ1) is 5.24. The molecule has 1 aliphatic rings. The standard InChI is InChI=1S/C8H13ClO2/c1-3-10-8-5-4-7(9)6(2)11-8/h4-8H,3H2,1-2H3. The van der Waals surface area contributed by atoms with Gasteiger partial charge in [-0.15, -0.1) is 11.6 Å². The molecule has 0 aromatic carbocycles. The monoisotopic (exact) mass is 176 g/mol. The van der Waals surface area contributed by atoms with Crippen molar-refractivity contribution in [1.82, 2.24) is 0 Å². The summed E-state index contributed by atoms with van der Waals surface area (Å²) in [5.74, 6) is 0. The molecule has 1 aliphatic heterocycles. The molecule has 3 heteroatoms. The molecule has 0 N–H and O–H groups in total. The van der Waals surface area contributed by atoms with Crippen molar-refractivity contribution in [2.75, 3.05) is 6.61 Å². The van der Waals surface area contributed by atoms with E-state index in [9.17, 15) is 0 Å². The molecule has 3 atom stereocenters. The van der Waals surface area contributed by atoms with Crippen molar-refractivity contribution in [2.24, 2.45) is 0 Å². The zero-order valence-corrected chi connectivity index (χ0v) is 7.54. The van der Waals surface area contributed by atoms with E-state index in [1.807, 2.05) is 26.0 Å². The summed E-state index contributed by atoms with van der Waals surface area (Å²) in [7, 11) is 0. The molecule has 1 rings (SSSR count). The molecule has 0 bridgehead atoms. The van der Waals surface area contributed by atoms with Crippen LogP contribution >= 0.6 is 11.6 Å². The van der Waals surface area contributed by atoms with E-state index in [4.69, 9.17) is 21.1 Å². The molecule has 0 saturated carbocycles. The molecule has 64 valence electrons. The third-order valence-electron chi connectivity index (χ3n) is 1.58. The average molecular weight is 177 g/mol. The highest BCUT2D eigenvalue weighted by atomic mass is 35.5. The van der Waals surface area contributed by atoms with Gasteiger partial charge in [-0.1, -0.05) is 6.08 Å². The van der Waals surface area contributed by atoms with Crippen molar-refractivity contribution in [1.29, 1.82) is 0 Å². The van der Waals surface area contributed by atoms with E-state index >= 15 is 0 Å². The van der Waals surface area contributed by atoms with Crippen molar-refractivity contribution in [2.45, 2.75) is 31.6 Å². The average Bonchev–Trinajstić information content (AvgIpc) is 1.98. The van der Waals surface area contributed by atoms with Crippen LogP contribution in [0.4, 0.5) is 0 Å². The maximum absolute atomic E-state index is 5.87. The number of halogens is 1. The van der Waals surface area contributed by atoms with Gasteiger partial charge in [0.25, 0.3) is 0 Å². The third-order valence-corrected chi connectivity index (χ3v) is 2.08. The highest BCUT2D eigenvalue weighted by Crippen LogP contribution is 2.17. The predicted molar refractivity (Wildman–Crippen MR) is 44.7 cm³/mol. The van der Waals surface area contributed by atoms with Crippen LogP contribution in [0.1, 0.15) is 13.8 Å². The van der Waals surface area contributed by atoms with Gasteiger partial charge in [0.1, 0.15) is 0 Å². The first kappa shape index (κ1) is 9.04. The quantitative estimate of drug-likeness (QED) is 0.473. The lowest BCUT2D eigenvalue weighted by Gasteiger charge is -2.26. The summed E-state index contributed by atoms with van der Waals surface area (Å²) >= 11 is 5.87. The smallest absolute Gasteiger partial charge is 0.177 e. The summed E-state index contributed by atoms with van der Waals surface area (Å²) in [5, 5.41) is -0.0216. The van der Waals surface area contributed by atoms with Gasteiger partial charge in [-0.3, -0.25) is 0 Å². The van der Waals surface area contributed by atoms with Crippen LogP contribution in [0.3, 0.4) is 0 Å². The Morgan fingerprint density at radius 1 is 1.55 bits per heavy atom. The van der Waals surface area contributed by atoms with Crippen molar-refractivity contribution in [3.8, 4) is 0 Å². The Kier molecular flexibility index (Phi) is 3.37. The fraction of sp³-hybridized carbons (Fsp3) is 0.750. The van der Waals surface area contributed by atoms with Gasteiger partial charge < -0.3 is 9.47 Å². The molecule has 0 aliphatic carbocycles. The second kappa shape index (κ2) is 4.10. The molecule has 0 radical (unpaired) electrons. The van der Waals surface area contributed by atoms with Gasteiger partial charge in [0.2, 0.25) is 0 Å². The molecular formula is C8H13ClO2. The highest BCUT2D eigenvalue weighted by molar-refractivity contribution is 6.22. The van der Waals surface area contributed by atoms with Crippen LogP contribution in [-0.4, -0.2) is 24.4 Å². The molecule has 0 fully saturated rings. The summed E-state index contributed by atoms with van der Waals surface area (Å²) in [4.78, 5) is 0. The second-order valence-electron chi connectivity index (χ2n) is 2.49. The van der Waals surface area contributed by atoms with Crippen LogP contribution in [-0.2, 0) is 9.47 Å². The maximum atomic E-state index is 5.87. The number of hydrogen-bond acceptors (Lipinski definition) is 2. The molecule has 2 nitrogen and oxygen atoms in total. The van der Waals surface area contributed by atoms with E-state index in [1.54, 1.807) is 0 Å². The van der Waals surface area contributed by atoms with Crippen LogP contribution in [0.2, 0.25) is 0 Å². The minimum absolute atomic E-state index is 0.0216. The lowest BCUT2D eigenvalue weighted by molar-refractivity contribution is -0.138.